The molecule has 0 aliphatic carbocycles. The fraction of sp³-hybridized carbons (Fsp3) is 0.400. The normalized spacial score (nSPS) is 15.4. The summed E-state index contributed by atoms with van der Waals surface area (Å²) in [6.07, 6.45) is 0. The first-order valence-corrected chi connectivity index (χ1v) is 6.25. The summed E-state index contributed by atoms with van der Waals surface area (Å²) in [6.45, 7) is 5.39. The first-order chi connectivity index (χ1) is 8.80. The molecule has 0 spiro atoms. The van der Waals surface area contributed by atoms with Crippen LogP contribution in [0.25, 0.3) is 0 Å². The molecular formula is C15H17NO3. The highest BCUT2D eigenvalue weighted by molar-refractivity contribution is 6.14. The van der Waals surface area contributed by atoms with Crippen LogP contribution in [0.4, 0.5) is 0 Å². The van der Waals surface area contributed by atoms with Gasteiger partial charge >= 0.3 is 0 Å². The summed E-state index contributed by atoms with van der Waals surface area (Å²) >= 11 is 0. The van der Waals surface area contributed by atoms with Crippen LogP contribution in [0.1, 0.15) is 41.5 Å². The summed E-state index contributed by atoms with van der Waals surface area (Å²) in [5, 5.41) is 0. The zero-order chi connectivity index (χ0) is 14.2. The van der Waals surface area contributed by atoms with Gasteiger partial charge in [0.25, 0.3) is 5.91 Å². The molecule has 1 heterocycles. The van der Waals surface area contributed by atoms with Gasteiger partial charge in [-0.1, -0.05) is 39.0 Å². The molecular weight excluding hydrogens is 242 g/mol. The minimum Gasteiger partial charge on any atom is -0.324 e. The average Bonchev–Trinajstić information content (AvgIpc) is 2.34. The van der Waals surface area contributed by atoms with Gasteiger partial charge in [0.2, 0.25) is 0 Å². The maximum atomic E-state index is 12.2. The molecule has 0 saturated heterocycles. The van der Waals surface area contributed by atoms with Gasteiger partial charge in [0, 0.05) is 11.0 Å². The Hall–Kier alpha value is -1.97. The van der Waals surface area contributed by atoms with Crippen molar-refractivity contribution in [1.29, 1.82) is 0 Å². The van der Waals surface area contributed by atoms with Crippen LogP contribution in [0.3, 0.4) is 0 Å². The Morgan fingerprint density at radius 3 is 2.32 bits per heavy atom. The largest absolute Gasteiger partial charge is 0.324 e. The van der Waals surface area contributed by atoms with Crippen LogP contribution in [0, 0.1) is 5.41 Å². The van der Waals surface area contributed by atoms with Crippen molar-refractivity contribution in [3.63, 3.8) is 0 Å². The molecule has 1 aromatic carbocycles. The van der Waals surface area contributed by atoms with Crippen LogP contribution in [-0.4, -0.2) is 35.5 Å². The van der Waals surface area contributed by atoms with Gasteiger partial charge in [0.15, 0.2) is 11.6 Å². The van der Waals surface area contributed by atoms with Crippen molar-refractivity contribution in [1.82, 2.24) is 4.90 Å². The second-order valence-electron chi connectivity index (χ2n) is 5.80. The molecule has 0 radical (unpaired) electrons. The van der Waals surface area contributed by atoms with E-state index in [9.17, 15) is 14.4 Å². The monoisotopic (exact) mass is 259 g/mol. The molecule has 1 amide bonds. The predicted molar refractivity (Wildman–Crippen MR) is 71.1 cm³/mol. The number of rotatable bonds is 2. The van der Waals surface area contributed by atoms with E-state index in [0.29, 0.717) is 11.1 Å². The number of nitrogens with zero attached hydrogens (tertiary/aromatic N) is 1. The third-order valence-corrected chi connectivity index (χ3v) is 3.25. The minimum atomic E-state index is -0.514. The molecule has 0 aromatic heterocycles. The maximum absolute atomic E-state index is 12.2. The Morgan fingerprint density at radius 1 is 1.16 bits per heavy atom. The first-order valence-electron chi connectivity index (χ1n) is 6.25. The van der Waals surface area contributed by atoms with Gasteiger partial charge in [-0.3, -0.25) is 14.4 Å². The van der Waals surface area contributed by atoms with Crippen LogP contribution < -0.4 is 0 Å². The highest BCUT2D eigenvalue weighted by Gasteiger charge is 2.32. The molecule has 0 unspecified atom stereocenters. The van der Waals surface area contributed by atoms with Crippen molar-refractivity contribution in [2.75, 3.05) is 13.1 Å². The van der Waals surface area contributed by atoms with Gasteiger partial charge in [-0.2, -0.15) is 0 Å². The van der Waals surface area contributed by atoms with Gasteiger partial charge in [0.05, 0.1) is 18.7 Å². The first kappa shape index (κ1) is 13.5. The molecule has 4 nitrogen and oxygen atoms in total. The topological polar surface area (TPSA) is 54.5 Å². The lowest BCUT2D eigenvalue weighted by molar-refractivity contribution is -0.126. The highest BCUT2D eigenvalue weighted by atomic mass is 16.2. The van der Waals surface area contributed by atoms with E-state index in [2.05, 4.69) is 0 Å². The smallest absolute Gasteiger partial charge is 0.255 e. The summed E-state index contributed by atoms with van der Waals surface area (Å²) in [6, 6.07) is 6.74. The number of fused-ring (bicyclic) bond motifs is 1. The predicted octanol–water partition coefficient (Wildman–Crippen LogP) is 1.94. The number of Topliss-reactive ketones (excluding diaryl/α,β-unsaturated/α-hetero) is 2. The van der Waals surface area contributed by atoms with Gasteiger partial charge in [0.1, 0.15) is 0 Å². The Morgan fingerprint density at radius 2 is 1.74 bits per heavy atom. The average molecular weight is 259 g/mol. The lowest BCUT2D eigenvalue weighted by Crippen LogP contribution is -2.45. The van der Waals surface area contributed by atoms with Crippen LogP contribution in [-0.2, 0) is 4.79 Å². The zero-order valence-corrected chi connectivity index (χ0v) is 11.4. The summed E-state index contributed by atoms with van der Waals surface area (Å²) in [5.74, 6) is -0.405. The van der Waals surface area contributed by atoms with Gasteiger partial charge in [-0.15, -0.1) is 0 Å². The van der Waals surface area contributed by atoms with E-state index in [0.717, 1.165) is 0 Å². The van der Waals surface area contributed by atoms with E-state index in [1.807, 2.05) is 0 Å². The molecule has 1 aromatic rings. The van der Waals surface area contributed by atoms with Crippen molar-refractivity contribution in [3.05, 3.63) is 35.4 Å². The van der Waals surface area contributed by atoms with E-state index in [4.69, 9.17) is 0 Å². The Kier molecular flexibility index (Phi) is 3.27. The number of carbonyl (C=O) groups is 3. The van der Waals surface area contributed by atoms with E-state index in [-0.39, 0.29) is 30.6 Å². The SMILES string of the molecule is CC(C)(C)C(=O)CN1CC(=O)c2ccccc2C1=O. The number of hydrogen-bond donors (Lipinski definition) is 0. The molecule has 1 aliphatic rings. The van der Waals surface area contributed by atoms with E-state index in [1.165, 1.54) is 4.90 Å². The molecule has 0 N–H and O–H groups in total. The van der Waals surface area contributed by atoms with Gasteiger partial charge < -0.3 is 4.90 Å². The standard InChI is InChI=1S/C15H17NO3/c1-15(2,3)13(18)9-16-8-12(17)10-6-4-5-7-11(10)14(16)19/h4-7H,8-9H2,1-3H3. The van der Waals surface area contributed by atoms with Crippen molar-refractivity contribution in [2.24, 2.45) is 5.41 Å². The Balaban J connectivity index is 2.26. The quantitative estimate of drug-likeness (QED) is 0.815. The highest BCUT2D eigenvalue weighted by Crippen LogP contribution is 2.21. The maximum Gasteiger partial charge on any atom is 0.255 e. The fourth-order valence-corrected chi connectivity index (χ4v) is 1.95. The number of hydrogen-bond acceptors (Lipinski definition) is 3. The Bertz CT molecular complexity index is 555. The number of benzene rings is 1. The van der Waals surface area contributed by atoms with Crippen LogP contribution in [0.2, 0.25) is 0 Å². The van der Waals surface area contributed by atoms with E-state index >= 15 is 0 Å². The minimum absolute atomic E-state index is 0.0115. The van der Waals surface area contributed by atoms with Crippen molar-refractivity contribution in [3.8, 4) is 0 Å². The molecule has 100 valence electrons. The lowest BCUT2D eigenvalue weighted by Gasteiger charge is -2.29. The summed E-state index contributed by atoms with van der Waals surface area (Å²) < 4.78 is 0. The third kappa shape index (κ3) is 2.57. The molecule has 4 heteroatoms. The second-order valence-corrected chi connectivity index (χ2v) is 5.80. The summed E-state index contributed by atoms with van der Waals surface area (Å²) in [7, 11) is 0. The third-order valence-electron chi connectivity index (χ3n) is 3.25. The Labute approximate surface area is 112 Å². The van der Waals surface area contributed by atoms with E-state index in [1.54, 1.807) is 45.0 Å². The van der Waals surface area contributed by atoms with Gasteiger partial charge in [-0.25, -0.2) is 0 Å². The van der Waals surface area contributed by atoms with Crippen molar-refractivity contribution < 1.29 is 14.4 Å². The van der Waals surface area contributed by atoms with Gasteiger partial charge in [-0.05, 0) is 6.07 Å². The molecule has 19 heavy (non-hydrogen) atoms. The van der Waals surface area contributed by atoms with Crippen molar-refractivity contribution in [2.45, 2.75) is 20.8 Å². The molecule has 1 aliphatic heterocycles. The summed E-state index contributed by atoms with van der Waals surface area (Å²) in [4.78, 5) is 37.5. The summed E-state index contributed by atoms with van der Waals surface area (Å²) in [5.41, 5.74) is 0.327. The number of carbonyl (C=O) groups excluding carboxylic acids is 3. The lowest BCUT2D eigenvalue weighted by atomic mass is 9.89. The second kappa shape index (κ2) is 4.61. The molecule has 0 saturated carbocycles. The fourth-order valence-electron chi connectivity index (χ4n) is 1.95. The van der Waals surface area contributed by atoms with Crippen LogP contribution >= 0.6 is 0 Å². The number of amides is 1. The number of ketones is 2. The molecule has 2 rings (SSSR count). The molecule has 0 fully saturated rings. The van der Waals surface area contributed by atoms with Crippen LogP contribution in [0.5, 0.6) is 0 Å². The van der Waals surface area contributed by atoms with Crippen molar-refractivity contribution >= 4 is 17.5 Å². The van der Waals surface area contributed by atoms with Crippen LogP contribution in [0.15, 0.2) is 24.3 Å². The molecule has 0 atom stereocenters. The van der Waals surface area contributed by atoms with E-state index < -0.39 is 5.41 Å². The molecule has 0 bridgehead atoms. The zero-order valence-electron chi connectivity index (χ0n) is 11.4.